The van der Waals surface area contributed by atoms with Gasteiger partial charge in [0.25, 0.3) is 0 Å². The van der Waals surface area contributed by atoms with Crippen molar-refractivity contribution < 1.29 is 9.36 Å². The van der Waals surface area contributed by atoms with Crippen molar-refractivity contribution in [3.63, 3.8) is 0 Å². The molecule has 0 aliphatic rings. The molecule has 0 aliphatic heterocycles. The van der Waals surface area contributed by atoms with E-state index in [0.717, 1.165) is 5.56 Å². The van der Waals surface area contributed by atoms with Crippen LogP contribution in [0.15, 0.2) is 42.7 Å². The molecular formula is C16H18NO+. The topological polar surface area (TPSA) is 20.9 Å². The summed E-state index contributed by atoms with van der Waals surface area (Å²) in [7, 11) is 0. The predicted octanol–water partition coefficient (Wildman–Crippen LogP) is 2.78. The maximum absolute atomic E-state index is 12.1. The van der Waals surface area contributed by atoms with Crippen LogP contribution < -0.4 is 4.57 Å². The molecule has 2 rings (SSSR count). The summed E-state index contributed by atoms with van der Waals surface area (Å²) in [4.78, 5) is 12.1. The molecule has 0 spiro atoms. The minimum absolute atomic E-state index is 0.144. The van der Waals surface area contributed by atoms with Crippen LogP contribution in [0.25, 0.3) is 0 Å². The number of hydrogen-bond donors (Lipinski definition) is 0. The van der Waals surface area contributed by atoms with E-state index >= 15 is 0 Å². The third-order valence-electron chi connectivity index (χ3n) is 2.89. The van der Waals surface area contributed by atoms with Crippen molar-refractivity contribution in [1.82, 2.24) is 0 Å². The summed E-state index contributed by atoms with van der Waals surface area (Å²) in [6, 6.07) is 9.83. The lowest BCUT2D eigenvalue weighted by Crippen LogP contribution is -2.38. The summed E-state index contributed by atoms with van der Waals surface area (Å²) >= 11 is 0. The number of rotatable bonds is 3. The van der Waals surface area contributed by atoms with Crippen LogP contribution >= 0.6 is 0 Å². The van der Waals surface area contributed by atoms with Crippen LogP contribution in [0.4, 0.5) is 0 Å². The molecule has 1 aromatic heterocycles. The Morgan fingerprint density at radius 3 is 2.06 bits per heavy atom. The third-order valence-corrected chi connectivity index (χ3v) is 2.89. The van der Waals surface area contributed by atoms with Crippen LogP contribution in [-0.4, -0.2) is 5.78 Å². The zero-order valence-electron chi connectivity index (χ0n) is 11.1. The molecular weight excluding hydrogens is 222 g/mol. The zero-order valence-corrected chi connectivity index (χ0v) is 11.1. The van der Waals surface area contributed by atoms with Crippen molar-refractivity contribution in [3.8, 4) is 0 Å². The fourth-order valence-corrected chi connectivity index (χ4v) is 2.08. The van der Waals surface area contributed by atoms with Gasteiger partial charge < -0.3 is 0 Å². The van der Waals surface area contributed by atoms with Gasteiger partial charge in [0.15, 0.2) is 12.4 Å². The fraction of sp³-hybridized carbons (Fsp3) is 0.250. The van der Waals surface area contributed by atoms with Crippen molar-refractivity contribution in [2.24, 2.45) is 0 Å². The molecule has 0 aliphatic carbocycles. The van der Waals surface area contributed by atoms with Crippen molar-refractivity contribution in [2.45, 2.75) is 27.3 Å². The Bertz CT molecular complexity index is 550. The van der Waals surface area contributed by atoms with Gasteiger partial charge in [-0.3, -0.25) is 4.79 Å². The second-order valence-electron chi connectivity index (χ2n) is 4.85. The molecule has 2 aromatic rings. The Hall–Kier alpha value is -1.96. The fourth-order valence-electron chi connectivity index (χ4n) is 2.08. The highest BCUT2D eigenvalue weighted by molar-refractivity contribution is 5.95. The summed E-state index contributed by atoms with van der Waals surface area (Å²) in [6.45, 7) is 6.50. The minimum Gasteiger partial charge on any atom is -0.287 e. The van der Waals surface area contributed by atoms with Crippen molar-refractivity contribution in [3.05, 3.63) is 65.0 Å². The quantitative estimate of drug-likeness (QED) is 0.597. The number of benzene rings is 1. The molecule has 0 radical (unpaired) electrons. The van der Waals surface area contributed by atoms with E-state index in [0.29, 0.717) is 6.54 Å². The highest BCUT2D eigenvalue weighted by atomic mass is 16.1. The van der Waals surface area contributed by atoms with E-state index in [4.69, 9.17) is 0 Å². The van der Waals surface area contributed by atoms with Gasteiger partial charge in [-0.2, -0.15) is 4.57 Å². The average molecular weight is 240 g/mol. The molecule has 2 heteroatoms. The SMILES string of the molecule is Cc1ccc(C(=O)C[n+]2cc(C)cc(C)c2)cc1. The van der Waals surface area contributed by atoms with Crippen LogP contribution in [0.3, 0.4) is 0 Å². The van der Waals surface area contributed by atoms with Gasteiger partial charge in [-0.25, -0.2) is 0 Å². The molecule has 0 bridgehead atoms. The maximum Gasteiger partial charge on any atom is 0.227 e. The zero-order chi connectivity index (χ0) is 13.1. The van der Waals surface area contributed by atoms with E-state index in [9.17, 15) is 4.79 Å². The minimum atomic E-state index is 0.144. The van der Waals surface area contributed by atoms with E-state index in [2.05, 4.69) is 6.07 Å². The summed E-state index contributed by atoms with van der Waals surface area (Å²) in [6.07, 6.45) is 4.00. The van der Waals surface area contributed by atoms with Crippen LogP contribution in [0, 0.1) is 20.8 Å². The average Bonchev–Trinajstić information content (AvgIpc) is 2.28. The van der Waals surface area contributed by atoms with Crippen molar-refractivity contribution in [1.29, 1.82) is 0 Å². The number of Topliss-reactive ketones (excluding diaryl/α,β-unsaturated/α-hetero) is 1. The summed E-state index contributed by atoms with van der Waals surface area (Å²) in [5.41, 5.74) is 4.29. The largest absolute Gasteiger partial charge is 0.287 e. The molecule has 2 nitrogen and oxygen atoms in total. The standard InChI is InChI=1S/C16H18NO/c1-12-4-6-15(7-5-12)16(18)11-17-9-13(2)8-14(3)10-17/h4-10H,11H2,1-3H3/q+1. The smallest absolute Gasteiger partial charge is 0.227 e. The molecule has 1 aromatic carbocycles. The van der Waals surface area contributed by atoms with Gasteiger partial charge in [-0.1, -0.05) is 29.8 Å². The number of aryl methyl sites for hydroxylation is 3. The Morgan fingerprint density at radius 2 is 1.50 bits per heavy atom. The van der Waals surface area contributed by atoms with E-state index in [1.807, 2.05) is 62.0 Å². The van der Waals surface area contributed by atoms with Crippen LogP contribution in [-0.2, 0) is 6.54 Å². The highest BCUT2D eigenvalue weighted by Crippen LogP contribution is 2.04. The van der Waals surface area contributed by atoms with Gasteiger partial charge in [0.2, 0.25) is 12.3 Å². The van der Waals surface area contributed by atoms with E-state index in [-0.39, 0.29) is 5.78 Å². The second kappa shape index (κ2) is 5.13. The monoisotopic (exact) mass is 240 g/mol. The summed E-state index contributed by atoms with van der Waals surface area (Å²) in [5, 5.41) is 0. The van der Waals surface area contributed by atoms with E-state index < -0.39 is 0 Å². The molecule has 0 fully saturated rings. The van der Waals surface area contributed by atoms with Crippen molar-refractivity contribution in [2.75, 3.05) is 0 Å². The molecule has 0 unspecified atom stereocenters. The molecule has 1 heterocycles. The molecule has 0 saturated heterocycles. The lowest BCUT2D eigenvalue weighted by Gasteiger charge is -2.01. The lowest BCUT2D eigenvalue weighted by atomic mass is 10.1. The Labute approximate surface area is 108 Å². The lowest BCUT2D eigenvalue weighted by molar-refractivity contribution is -0.683. The first-order valence-electron chi connectivity index (χ1n) is 6.12. The van der Waals surface area contributed by atoms with E-state index in [1.54, 1.807) is 0 Å². The maximum atomic E-state index is 12.1. The number of pyridine rings is 1. The third kappa shape index (κ3) is 3.04. The molecule has 0 amide bonds. The van der Waals surface area contributed by atoms with Gasteiger partial charge in [-0.15, -0.1) is 0 Å². The van der Waals surface area contributed by atoms with Gasteiger partial charge >= 0.3 is 0 Å². The first-order chi connectivity index (χ1) is 8.54. The normalized spacial score (nSPS) is 10.4. The Kier molecular flexibility index (Phi) is 3.56. The molecule has 18 heavy (non-hydrogen) atoms. The summed E-state index contributed by atoms with van der Waals surface area (Å²) in [5.74, 6) is 0.144. The highest BCUT2D eigenvalue weighted by Gasteiger charge is 2.12. The molecule has 0 atom stereocenters. The predicted molar refractivity (Wildman–Crippen MR) is 71.6 cm³/mol. The Balaban J connectivity index is 2.18. The first kappa shape index (κ1) is 12.5. The number of carbonyl (C=O) groups excluding carboxylic acids is 1. The number of ketones is 1. The summed E-state index contributed by atoms with van der Waals surface area (Å²) < 4.78 is 1.95. The molecule has 92 valence electrons. The molecule has 0 saturated carbocycles. The van der Waals surface area contributed by atoms with Crippen LogP contribution in [0.1, 0.15) is 27.0 Å². The van der Waals surface area contributed by atoms with Gasteiger partial charge in [0.05, 0.1) is 0 Å². The van der Waals surface area contributed by atoms with Gasteiger partial charge in [0.1, 0.15) is 0 Å². The number of nitrogens with zero attached hydrogens (tertiary/aromatic N) is 1. The number of carbonyl (C=O) groups is 1. The first-order valence-corrected chi connectivity index (χ1v) is 6.12. The van der Waals surface area contributed by atoms with Crippen molar-refractivity contribution >= 4 is 5.78 Å². The second-order valence-corrected chi connectivity index (χ2v) is 4.85. The van der Waals surface area contributed by atoms with Crippen LogP contribution in [0.2, 0.25) is 0 Å². The number of aromatic nitrogens is 1. The van der Waals surface area contributed by atoms with Gasteiger partial charge in [0, 0.05) is 16.7 Å². The van der Waals surface area contributed by atoms with E-state index in [1.165, 1.54) is 16.7 Å². The number of hydrogen-bond acceptors (Lipinski definition) is 1. The van der Waals surface area contributed by atoms with Gasteiger partial charge in [-0.05, 0) is 26.8 Å². The molecule has 0 N–H and O–H groups in total. The Morgan fingerprint density at radius 1 is 0.944 bits per heavy atom. The van der Waals surface area contributed by atoms with Crippen LogP contribution in [0.5, 0.6) is 0 Å².